The summed E-state index contributed by atoms with van der Waals surface area (Å²) in [5, 5.41) is 0.938. The molecule has 1 aliphatic heterocycles. The normalized spacial score (nSPS) is 15.4. The zero-order valence-electron chi connectivity index (χ0n) is 16.2. The predicted molar refractivity (Wildman–Crippen MR) is 109 cm³/mol. The van der Waals surface area contributed by atoms with Gasteiger partial charge >= 0.3 is 5.97 Å². The van der Waals surface area contributed by atoms with Crippen LogP contribution < -0.4 is 0 Å². The number of fused-ring (bicyclic) bond motifs is 3. The Labute approximate surface area is 168 Å². The number of ketones is 1. The molecule has 29 heavy (non-hydrogen) atoms. The summed E-state index contributed by atoms with van der Waals surface area (Å²) in [5.41, 5.74) is 2.46. The zero-order valence-corrected chi connectivity index (χ0v) is 16.2. The standard InChI is InChI=1S/C23H20N2O4/c1-4-29-23(28)16-11-9-15(10-12-16)20(26)14(2)21-24(3)22(27)19-13-17-7-5-6-8-18(17)25(19)21/h5-13,21H,2,4H2,1,3H3. The van der Waals surface area contributed by atoms with Crippen LogP contribution in [0.5, 0.6) is 0 Å². The molecule has 3 aromatic rings. The van der Waals surface area contributed by atoms with Crippen LogP contribution in [0, 0.1) is 0 Å². The largest absolute Gasteiger partial charge is 0.462 e. The number of ether oxygens (including phenoxy) is 1. The Morgan fingerprint density at radius 3 is 2.41 bits per heavy atom. The van der Waals surface area contributed by atoms with Crippen LogP contribution in [0.2, 0.25) is 0 Å². The predicted octanol–water partition coefficient (Wildman–Crippen LogP) is 3.84. The second-order valence-corrected chi connectivity index (χ2v) is 6.90. The highest BCUT2D eigenvalue weighted by molar-refractivity contribution is 6.11. The van der Waals surface area contributed by atoms with Crippen LogP contribution in [0.25, 0.3) is 10.9 Å². The number of benzene rings is 2. The Bertz CT molecular complexity index is 1160. The van der Waals surface area contributed by atoms with Crippen LogP contribution in [-0.2, 0) is 4.74 Å². The van der Waals surface area contributed by atoms with Crippen LogP contribution in [-0.4, -0.2) is 40.8 Å². The second kappa shape index (κ2) is 7.05. The molecule has 1 unspecified atom stereocenters. The van der Waals surface area contributed by atoms with Crippen LogP contribution in [0.3, 0.4) is 0 Å². The van der Waals surface area contributed by atoms with E-state index in [0.29, 0.717) is 16.8 Å². The number of likely N-dealkylation sites (N-methyl/N-ethyl adjacent to an activating group) is 1. The third kappa shape index (κ3) is 2.93. The van der Waals surface area contributed by atoms with E-state index in [4.69, 9.17) is 4.74 Å². The van der Waals surface area contributed by atoms with Gasteiger partial charge in [0.15, 0.2) is 5.78 Å². The summed E-state index contributed by atoms with van der Waals surface area (Å²) in [4.78, 5) is 39.1. The summed E-state index contributed by atoms with van der Waals surface area (Å²) in [6.07, 6.45) is -0.602. The van der Waals surface area contributed by atoms with E-state index in [-0.39, 0.29) is 23.9 Å². The minimum Gasteiger partial charge on any atom is -0.462 e. The molecule has 0 spiro atoms. The monoisotopic (exact) mass is 388 g/mol. The van der Waals surface area contributed by atoms with Crippen molar-refractivity contribution in [2.45, 2.75) is 13.1 Å². The lowest BCUT2D eigenvalue weighted by Gasteiger charge is -2.24. The second-order valence-electron chi connectivity index (χ2n) is 6.90. The minimum absolute atomic E-state index is 0.155. The van der Waals surface area contributed by atoms with Gasteiger partial charge in [-0.05, 0) is 31.2 Å². The van der Waals surface area contributed by atoms with E-state index in [1.165, 1.54) is 4.90 Å². The maximum atomic E-state index is 13.1. The number of carbonyl (C=O) groups excluding carboxylic acids is 3. The molecule has 4 rings (SSSR count). The summed E-state index contributed by atoms with van der Waals surface area (Å²) in [7, 11) is 1.66. The van der Waals surface area contributed by atoms with Gasteiger partial charge in [-0.2, -0.15) is 0 Å². The number of Topliss-reactive ketones (excluding diaryl/α,β-unsaturated/α-hetero) is 1. The number of para-hydroxylation sites is 1. The van der Waals surface area contributed by atoms with E-state index in [1.807, 2.05) is 34.9 Å². The van der Waals surface area contributed by atoms with Gasteiger partial charge in [0.05, 0.1) is 17.7 Å². The first-order chi connectivity index (χ1) is 13.9. The summed E-state index contributed by atoms with van der Waals surface area (Å²) in [6.45, 7) is 6.03. The Hall–Kier alpha value is -3.67. The zero-order chi connectivity index (χ0) is 20.7. The summed E-state index contributed by atoms with van der Waals surface area (Å²) in [6, 6.07) is 15.8. The summed E-state index contributed by atoms with van der Waals surface area (Å²) in [5.74, 6) is -0.872. The third-order valence-electron chi connectivity index (χ3n) is 5.16. The molecule has 1 atom stereocenters. The van der Waals surface area contributed by atoms with Crippen molar-refractivity contribution in [1.82, 2.24) is 9.47 Å². The lowest BCUT2D eigenvalue weighted by molar-refractivity contribution is 0.0525. The fraction of sp³-hybridized carbons (Fsp3) is 0.174. The van der Waals surface area contributed by atoms with E-state index in [1.54, 1.807) is 38.2 Å². The van der Waals surface area contributed by atoms with Gasteiger partial charge in [-0.1, -0.05) is 36.9 Å². The first-order valence-corrected chi connectivity index (χ1v) is 9.32. The summed E-state index contributed by atoms with van der Waals surface area (Å²) >= 11 is 0. The van der Waals surface area contributed by atoms with Gasteiger partial charge in [0.2, 0.25) is 0 Å². The van der Waals surface area contributed by atoms with E-state index in [0.717, 1.165) is 10.9 Å². The first kappa shape index (κ1) is 18.7. The Kier molecular flexibility index (Phi) is 4.54. The topological polar surface area (TPSA) is 68.6 Å². The highest BCUT2D eigenvalue weighted by Gasteiger charge is 2.39. The Morgan fingerprint density at radius 1 is 1.07 bits per heavy atom. The fourth-order valence-corrected chi connectivity index (χ4v) is 3.73. The number of carbonyl (C=O) groups is 3. The molecule has 0 saturated carbocycles. The van der Waals surface area contributed by atoms with Crippen molar-refractivity contribution in [3.8, 4) is 0 Å². The van der Waals surface area contributed by atoms with Crippen molar-refractivity contribution in [2.24, 2.45) is 0 Å². The molecule has 6 nitrogen and oxygen atoms in total. The average Bonchev–Trinajstić information content (AvgIpc) is 3.22. The van der Waals surface area contributed by atoms with Crippen LogP contribution in [0.4, 0.5) is 0 Å². The molecule has 0 N–H and O–H groups in total. The molecule has 1 amide bonds. The quantitative estimate of drug-likeness (QED) is 0.378. The van der Waals surface area contributed by atoms with Gasteiger partial charge < -0.3 is 14.2 Å². The molecule has 1 aliphatic rings. The molecule has 1 aromatic heterocycles. The molecule has 146 valence electrons. The van der Waals surface area contributed by atoms with Gasteiger partial charge in [-0.15, -0.1) is 0 Å². The maximum absolute atomic E-state index is 13.1. The number of nitrogens with zero attached hydrogens (tertiary/aromatic N) is 2. The minimum atomic E-state index is -0.602. The molecule has 2 aromatic carbocycles. The molecule has 0 saturated heterocycles. The van der Waals surface area contributed by atoms with Crippen molar-refractivity contribution < 1.29 is 19.1 Å². The van der Waals surface area contributed by atoms with Gasteiger partial charge in [-0.3, -0.25) is 9.59 Å². The molecule has 0 radical (unpaired) electrons. The van der Waals surface area contributed by atoms with Crippen molar-refractivity contribution >= 4 is 28.6 Å². The van der Waals surface area contributed by atoms with Crippen LogP contribution in [0.15, 0.2) is 66.7 Å². The first-order valence-electron chi connectivity index (χ1n) is 9.32. The van der Waals surface area contributed by atoms with E-state index < -0.39 is 12.1 Å². The smallest absolute Gasteiger partial charge is 0.338 e. The van der Waals surface area contributed by atoms with Crippen molar-refractivity contribution in [3.63, 3.8) is 0 Å². The van der Waals surface area contributed by atoms with Gasteiger partial charge in [0.1, 0.15) is 11.9 Å². The number of rotatable bonds is 5. The SMILES string of the molecule is C=C(C(=O)c1ccc(C(=O)OCC)cc1)C1N(C)C(=O)c2cc3ccccc3n21. The average molecular weight is 388 g/mol. The number of hydrogen-bond acceptors (Lipinski definition) is 4. The fourth-order valence-electron chi connectivity index (χ4n) is 3.73. The van der Waals surface area contributed by atoms with E-state index >= 15 is 0 Å². The highest BCUT2D eigenvalue weighted by Crippen LogP contribution is 2.37. The molecule has 2 heterocycles. The van der Waals surface area contributed by atoms with Crippen molar-refractivity contribution in [2.75, 3.05) is 13.7 Å². The van der Waals surface area contributed by atoms with Gasteiger partial charge in [0, 0.05) is 23.6 Å². The highest BCUT2D eigenvalue weighted by atomic mass is 16.5. The lowest BCUT2D eigenvalue weighted by Crippen LogP contribution is -2.29. The molecule has 0 bridgehead atoms. The third-order valence-corrected chi connectivity index (χ3v) is 5.16. The van der Waals surface area contributed by atoms with E-state index in [2.05, 4.69) is 6.58 Å². The summed E-state index contributed by atoms with van der Waals surface area (Å²) < 4.78 is 6.82. The Morgan fingerprint density at radius 2 is 1.72 bits per heavy atom. The molecular formula is C23H20N2O4. The van der Waals surface area contributed by atoms with E-state index in [9.17, 15) is 14.4 Å². The molecule has 0 aliphatic carbocycles. The lowest BCUT2D eigenvalue weighted by atomic mass is 10.0. The number of aromatic nitrogens is 1. The molecule has 0 fully saturated rings. The number of hydrogen-bond donors (Lipinski definition) is 0. The Balaban J connectivity index is 1.67. The maximum Gasteiger partial charge on any atom is 0.338 e. The van der Waals surface area contributed by atoms with Crippen molar-refractivity contribution in [1.29, 1.82) is 0 Å². The number of amides is 1. The van der Waals surface area contributed by atoms with Crippen molar-refractivity contribution in [3.05, 3.63) is 83.6 Å². The van der Waals surface area contributed by atoms with Gasteiger partial charge in [-0.25, -0.2) is 4.79 Å². The number of esters is 1. The van der Waals surface area contributed by atoms with Crippen LogP contribution in [0.1, 0.15) is 44.3 Å². The molecule has 6 heteroatoms. The van der Waals surface area contributed by atoms with Crippen LogP contribution >= 0.6 is 0 Å². The van der Waals surface area contributed by atoms with Gasteiger partial charge in [0.25, 0.3) is 5.91 Å². The molecular weight excluding hydrogens is 368 g/mol.